The number of hydrogen-bond acceptors (Lipinski definition) is 6. The summed E-state index contributed by atoms with van der Waals surface area (Å²) in [6.45, 7) is 9.12. The third-order valence-electron chi connectivity index (χ3n) is 14.7. The molecule has 0 spiro atoms. The molecule has 0 amide bonds. The summed E-state index contributed by atoms with van der Waals surface area (Å²) in [7, 11) is 0. The molecule has 1 unspecified atom stereocenters. The van der Waals surface area contributed by atoms with Gasteiger partial charge in [-0.25, -0.2) is 0 Å². The zero-order valence-electron chi connectivity index (χ0n) is 46.6. The Morgan fingerprint density at radius 3 is 0.765 bits per heavy atom. The molecule has 0 aliphatic rings. The Kier molecular flexibility index (Phi) is 55.0. The van der Waals surface area contributed by atoms with E-state index >= 15 is 0 Å². The number of ether oxygens (including phenoxy) is 3. The van der Waals surface area contributed by atoms with Crippen molar-refractivity contribution in [2.75, 3.05) is 13.2 Å². The van der Waals surface area contributed by atoms with Crippen LogP contribution in [-0.4, -0.2) is 37.2 Å². The quantitative estimate of drug-likeness (QED) is 0.0343. The highest BCUT2D eigenvalue weighted by atomic mass is 16.6. The average Bonchev–Trinajstić information content (AvgIpc) is 3.34. The van der Waals surface area contributed by atoms with Gasteiger partial charge in [-0.2, -0.15) is 0 Å². The maximum atomic E-state index is 12.9. The molecule has 0 N–H and O–H groups in total. The first-order valence-electron chi connectivity index (χ1n) is 30.9. The predicted octanol–water partition coefficient (Wildman–Crippen LogP) is 20.6. The molecule has 0 bridgehead atoms. The SMILES string of the molecule is CCCCCCCCCCCCCCCCCCC(=O)OC[C@H](COC(=O)CCCCCCCCCCCCCCCCC(C)CC)OC(=O)CCCCCCCCCCCCCCCCCC. The molecule has 0 saturated carbocycles. The first-order chi connectivity index (χ1) is 33.4. The molecule has 6 heteroatoms. The van der Waals surface area contributed by atoms with E-state index in [2.05, 4.69) is 27.7 Å². The van der Waals surface area contributed by atoms with Crippen LogP contribution in [0, 0.1) is 5.92 Å². The van der Waals surface area contributed by atoms with Crippen LogP contribution in [0.4, 0.5) is 0 Å². The van der Waals surface area contributed by atoms with E-state index in [-0.39, 0.29) is 31.1 Å². The van der Waals surface area contributed by atoms with E-state index < -0.39 is 6.10 Å². The number of esters is 3. The van der Waals surface area contributed by atoms with E-state index in [1.54, 1.807) is 0 Å². The zero-order valence-corrected chi connectivity index (χ0v) is 46.6. The molecule has 0 radical (unpaired) electrons. The second-order valence-electron chi connectivity index (χ2n) is 21.6. The van der Waals surface area contributed by atoms with Crippen LogP contribution in [0.1, 0.15) is 355 Å². The van der Waals surface area contributed by atoms with Gasteiger partial charge in [0.15, 0.2) is 6.10 Å². The lowest BCUT2D eigenvalue weighted by Crippen LogP contribution is -2.30. The van der Waals surface area contributed by atoms with Crippen molar-refractivity contribution < 1.29 is 28.6 Å². The van der Waals surface area contributed by atoms with Crippen LogP contribution in [-0.2, 0) is 28.6 Å². The molecule has 2 atom stereocenters. The fourth-order valence-electron chi connectivity index (χ4n) is 9.60. The first-order valence-corrected chi connectivity index (χ1v) is 30.9. The van der Waals surface area contributed by atoms with Crippen molar-refractivity contribution in [2.24, 2.45) is 5.92 Å². The number of carbonyl (C=O) groups is 3. The fourth-order valence-corrected chi connectivity index (χ4v) is 9.60. The van der Waals surface area contributed by atoms with Crippen molar-refractivity contribution in [3.8, 4) is 0 Å². The third kappa shape index (κ3) is 53.8. The Bertz CT molecular complexity index is 1030. The van der Waals surface area contributed by atoms with E-state index in [4.69, 9.17) is 14.2 Å². The Hall–Kier alpha value is -1.59. The minimum atomic E-state index is -0.762. The van der Waals surface area contributed by atoms with Crippen LogP contribution < -0.4 is 0 Å². The summed E-state index contributed by atoms with van der Waals surface area (Å²) in [5.74, 6) is 0.0663. The Morgan fingerprint density at radius 1 is 0.294 bits per heavy atom. The minimum absolute atomic E-state index is 0.0613. The molecule has 0 heterocycles. The molecule has 0 aromatic heterocycles. The van der Waals surface area contributed by atoms with Crippen molar-refractivity contribution in [3.63, 3.8) is 0 Å². The standard InChI is InChI=1S/C62H120O6/c1-5-8-10-12-14-16-18-20-22-24-29-33-37-41-45-49-53-60(63)66-56-59(68-62(65)55-51-47-43-39-35-31-25-23-21-19-17-15-13-11-9-6-2)57-67-61(64)54-50-46-42-38-34-30-27-26-28-32-36-40-44-48-52-58(4)7-3/h58-59H,5-57H2,1-4H3/t58?,59-/m1/s1. The molecule has 68 heavy (non-hydrogen) atoms. The number of carbonyl (C=O) groups excluding carboxylic acids is 3. The largest absolute Gasteiger partial charge is 0.462 e. The van der Waals surface area contributed by atoms with E-state index in [0.29, 0.717) is 19.3 Å². The topological polar surface area (TPSA) is 78.9 Å². The minimum Gasteiger partial charge on any atom is -0.462 e. The summed E-state index contributed by atoms with van der Waals surface area (Å²) in [4.78, 5) is 38.2. The van der Waals surface area contributed by atoms with Crippen LogP contribution in [0.2, 0.25) is 0 Å². The highest BCUT2D eigenvalue weighted by molar-refractivity contribution is 5.71. The molecule has 0 rings (SSSR count). The Balaban J connectivity index is 4.29. The monoisotopic (exact) mass is 961 g/mol. The van der Waals surface area contributed by atoms with Crippen molar-refractivity contribution in [1.29, 1.82) is 0 Å². The summed E-state index contributed by atoms with van der Waals surface area (Å²) in [6.07, 6.45) is 62.3. The molecule has 0 saturated heterocycles. The van der Waals surface area contributed by atoms with Gasteiger partial charge in [0.2, 0.25) is 0 Å². The van der Waals surface area contributed by atoms with Gasteiger partial charge < -0.3 is 14.2 Å². The van der Waals surface area contributed by atoms with Crippen LogP contribution in [0.15, 0.2) is 0 Å². The Morgan fingerprint density at radius 2 is 0.515 bits per heavy atom. The molecular weight excluding hydrogens is 841 g/mol. The van der Waals surface area contributed by atoms with Gasteiger partial charge in [0.25, 0.3) is 0 Å². The summed E-state index contributed by atoms with van der Waals surface area (Å²) in [5.41, 5.74) is 0. The smallest absolute Gasteiger partial charge is 0.306 e. The second kappa shape index (κ2) is 56.3. The van der Waals surface area contributed by atoms with Crippen molar-refractivity contribution >= 4 is 17.9 Å². The second-order valence-corrected chi connectivity index (χ2v) is 21.6. The van der Waals surface area contributed by atoms with Gasteiger partial charge in [-0.15, -0.1) is 0 Å². The van der Waals surface area contributed by atoms with Crippen molar-refractivity contribution in [2.45, 2.75) is 361 Å². The van der Waals surface area contributed by atoms with E-state index in [1.165, 1.54) is 250 Å². The van der Waals surface area contributed by atoms with Crippen molar-refractivity contribution in [1.82, 2.24) is 0 Å². The molecule has 0 aliphatic heterocycles. The van der Waals surface area contributed by atoms with Crippen LogP contribution in [0.5, 0.6) is 0 Å². The summed E-state index contributed by atoms with van der Waals surface area (Å²) < 4.78 is 16.9. The maximum absolute atomic E-state index is 12.9. The lowest BCUT2D eigenvalue weighted by Gasteiger charge is -2.18. The third-order valence-corrected chi connectivity index (χ3v) is 14.7. The normalized spacial score (nSPS) is 12.4. The number of unbranched alkanes of at least 4 members (excludes halogenated alkanes) is 43. The molecule has 404 valence electrons. The van der Waals surface area contributed by atoms with Gasteiger partial charge in [-0.1, -0.05) is 317 Å². The number of rotatable bonds is 57. The number of hydrogen-bond donors (Lipinski definition) is 0. The predicted molar refractivity (Wildman–Crippen MR) is 293 cm³/mol. The van der Waals surface area contributed by atoms with Gasteiger partial charge in [0.1, 0.15) is 13.2 Å². The molecule has 6 nitrogen and oxygen atoms in total. The van der Waals surface area contributed by atoms with Gasteiger partial charge in [-0.3, -0.25) is 14.4 Å². The van der Waals surface area contributed by atoms with Gasteiger partial charge in [-0.05, 0) is 25.2 Å². The van der Waals surface area contributed by atoms with Crippen LogP contribution >= 0.6 is 0 Å². The van der Waals surface area contributed by atoms with Crippen LogP contribution in [0.25, 0.3) is 0 Å². The molecule has 0 fully saturated rings. The van der Waals surface area contributed by atoms with Gasteiger partial charge in [0, 0.05) is 19.3 Å². The summed E-state index contributed by atoms with van der Waals surface area (Å²) in [6, 6.07) is 0. The fraction of sp³-hybridized carbons (Fsp3) is 0.952. The molecule has 0 aromatic carbocycles. The van der Waals surface area contributed by atoms with Crippen LogP contribution in [0.3, 0.4) is 0 Å². The average molecular weight is 962 g/mol. The van der Waals surface area contributed by atoms with Crippen molar-refractivity contribution in [3.05, 3.63) is 0 Å². The van der Waals surface area contributed by atoms with E-state index in [0.717, 1.165) is 63.7 Å². The Labute approximate surface area is 425 Å². The zero-order chi connectivity index (χ0) is 49.5. The highest BCUT2D eigenvalue weighted by Gasteiger charge is 2.19. The van der Waals surface area contributed by atoms with Gasteiger partial charge in [0.05, 0.1) is 0 Å². The molecule has 0 aliphatic carbocycles. The first kappa shape index (κ1) is 66.4. The van der Waals surface area contributed by atoms with E-state index in [9.17, 15) is 14.4 Å². The lowest BCUT2D eigenvalue weighted by atomic mass is 9.99. The molecular formula is C62H120O6. The lowest BCUT2D eigenvalue weighted by molar-refractivity contribution is -0.167. The van der Waals surface area contributed by atoms with E-state index in [1.807, 2.05) is 0 Å². The summed E-state index contributed by atoms with van der Waals surface area (Å²) in [5, 5.41) is 0. The maximum Gasteiger partial charge on any atom is 0.306 e. The van der Waals surface area contributed by atoms with Gasteiger partial charge >= 0.3 is 17.9 Å². The summed E-state index contributed by atoms with van der Waals surface area (Å²) >= 11 is 0. The molecule has 0 aromatic rings. The highest BCUT2D eigenvalue weighted by Crippen LogP contribution is 2.19.